The van der Waals surface area contributed by atoms with Gasteiger partial charge in [-0.25, -0.2) is 0 Å². The molecule has 2 aromatic rings. The number of phenolic OH excluding ortho intramolecular Hbond substituents is 2. The minimum Gasteiger partial charge on any atom is -0.508 e. The van der Waals surface area contributed by atoms with E-state index in [1.165, 1.54) is 11.1 Å². The summed E-state index contributed by atoms with van der Waals surface area (Å²) in [6.45, 7) is 1.92. The molecule has 2 aromatic carbocycles. The maximum atomic E-state index is 11.2. The zero-order valence-electron chi connectivity index (χ0n) is 16.4. The summed E-state index contributed by atoms with van der Waals surface area (Å²) in [5.41, 5.74) is 2.47. The summed E-state index contributed by atoms with van der Waals surface area (Å²) in [7, 11) is 0. The van der Waals surface area contributed by atoms with Crippen LogP contribution in [0.3, 0.4) is 0 Å². The molecule has 28 heavy (non-hydrogen) atoms. The predicted octanol–water partition coefficient (Wildman–Crippen LogP) is 3.83. The van der Waals surface area contributed by atoms with Crippen LogP contribution >= 0.6 is 0 Å². The van der Waals surface area contributed by atoms with Crippen LogP contribution in [0.1, 0.15) is 55.7 Å². The monoisotopic (exact) mass is 382 g/mol. The van der Waals surface area contributed by atoms with Crippen LogP contribution in [0, 0.1) is 5.92 Å². The van der Waals surface area contributed by atoms with Gasteiger partial charge in [0.25, 0.3) is 0 Å². The number of hydrogen-bond donors (Lipinski definition) is 4. The van der Waals surface area contributed by atoms with Crippen molar-refractivity contribution in [1.29, 1.82) is 0 Å². The van der Waals surface area contributed by atoms with E-state index in [1.54, 1.807) is 18.2 Å². The third-order valence-electron chi connectivity index (χ3n) is 7.24. The molecular weight excluding hydrogens is 352 g/mol. The summed E-state index contributed by atoms with van der Waals surface area (Å²) < 4.78 is 0. The van der Waals surface area contributed by atoms with Crippen LogP contribution in [-0.4, -0.2) is 32.1 Å². The van der Waals surface area contributed by atoms with E-state index in [4.69, 9.17) is 0 Å². The molecule has 0 amide bonds. The normalized spacial score (nSPS) is 30.3. The lowest BCUT2D eigenvalue weighted by Gasteiger charge is -2.54. The van der Waals surface area contributed by atoms with Gasteiger partial charge >= 0.3 is 0 Å². The molecule has 4 rings (SSSR count). The highest BCUT2D eigenvalue weighted by Gasteiger charge is 2.53. The molecule has 1 fully saturated rings. The van der Waals surface area contributed by atoms with Crippen LogP contribution in [0.25, 0.3) is 0 Å². The molecule has 1 saturated carbocycles. The fourth-order valence-corrected chi connectivity index (χ4v) is 5.69. The van der Waals surface area contributed by atoms with E-state index in [9.17, 15) is 20.4 Å². The Morgan fingerprint density at radius 2 is 1.75 bits per heavy atom. The quantitative estimate of drug-likeness (QED) is 0.648. The fourth-order valence-electron chi connectivity index (χ4n) is 5.69. The summed E-state index contributed by atoms with van der Waals surface area (Å²) in [6.07, 6.45) is 4.46. The predicted molar refractivity (Wildman–Crippen MR) is 109 cm³/mol. The van der Waals surface area contributed by atoms with E-state index in [-0.39, 0.29) is 17.1 Å². The van der Waals surface area contributed by atoms with Crippen LogP contribution in [0.4, 0.5) is 0 Å². The Labute approximate surface area is 166 Å². The molecule has 4 nitrogen and oxygen atoms in total. The van der Waals surface area contributed by atoms with Crippen molar-refractivity contribution < 1.29 is 20.4 Å². The molecule has 150 valence electrons. The molecular formula is C24H30O4. The molecule has 2 aliphatic carbocycles. The summed E-state index contributed by atoms with van der Waals surface area (Å²) in [5, 5.41) is 41.2. The molecule has 0 spiro atoms. The SMILES string of the molecule is CCC(O)C1(O)CC[C@@]2(Cc3ccc(O)cc3)c3ccc(O)cc3CC[C@H]2C1. The van der Waals surface area contributed by atoms with Crippen molar-refractivity contribution in [2.24, 2.45) is 5.92 Å². The van der Waals surface area contributed by atoms with Gasteiger partial charge in [0.05, 0.1) is 11.7 Å². The van der Waals surface area contributed by atoms with E-state index in [1.807, 2.05) is 25.1 Å². The number of aryl methyl sites for hydroxylation is 1. The zero-order chi connectivity index (χ0) is 19.9. The lowest BCUT2D eigenvalue weighted by Crippen LogP contribution is -2.55. The summed E-state index contributed by atoms with van der Waals surface area (Å²) in [4.78, 5) is 0. The van der Waals surface area contributed by atoms with Gasteiger partial charge in [-0.15, -0.1) is 0 Å². The van der Waals surface area contributed by atoms with Crippen molar-refractivity contribution in [2.75, 3.05) is 0 Å². The zero-order valence-corrected chi connectivity index (χ0v) is 16.4. The summed E-state index contributed by atoms with van der Waals surface area (Å²) in [6, 6.07) is 13.1. The smallest absolute Gasteiger partial charge is 0.115 e. The van der Waals surface area contributed by atoms with Crippen LogP contribution in [0.5, 0.6) is 11.5 Å². The molecule has 2 unspecified atom stereocenters. The molecule has 0 aromatic heterocycles. The van der Waals surface area contributed by atoms with Gasteiger partial charge in [-0.1, -0.05) is 25.1 Å². The first kappa shape index (κ1) is 19.3. The van der Waals surface area contributed by atoms with Crippen molar-refractivity contribution in [1.82, 2.24) is 0 Å². The maximum Gasteiger partial charge on any atom is 0.115 e. The first-order valence-corrected chi connectivity index (χ1v) is 10.4. The lowest BCUT2D eigenvalue weighted by molar-refractivity contribution is -0.127. The highest BCUT2D eigenvalue weighted by atomic mass is 16.3. The number of hydrogen-bond acceptors (Lipinski definition) is 4. The molecule has 0 radical (unpaired) electrons. The van der Waals surface area contributed by atoms with Gasteiger partial charge in [0.2, 0.25) is 0 Å². The third-order valence-corrected chi connectivity index (χ3v) is 7.24. The van der Waals surface area contributed by atoms with Gasteiger partial charge in [-0.05, 0) is 91.8 Å². The highest BCUT2D eigenvalue weighted by molar-refractivity contribution is 5.45. The minimum absolute atomic E-state index is 0.127. The molecule has 2 aliphatic rings. The van der Waals surface area contributed by atoms with Crippen LogP contribution in [0.2, 0.25) is 0 Å². The molecule has 4 N–H and O–H groups in total. The van der Waals surface area contributed by atoms with Gasteiger partial charge in [-0.2, -0.15) is 0 Å². The largest absolute Gasteiger partial charge is 0.508 e. The van der Waals surface area contributed by atoms with E-state index >= 15 is 0 Å². The number of aliphatic hydroxyl groups excluding tert-OH is 1. The Morgan fingerprint density at radius 3 is 2.46 bits per heavy atom. The Kier molecular flexibility index (Phi) is 4.88. The van der Waals surface area contributed by atoms with E-state index in [0.717, 1.165) is 31.2 Å². The van der Waals surface area contributed by atoms with Crippen LogP contribution in [0.15, 0.2) is 42.5 Å². The highest BCUT2D eigenvalue weighted by Crippen LogP contribution is 2.55. The van der Waals surface area contributed by atoms with Crippen molar-refractivity contribution in [2.45, 2.75) is 69.0 Å². The molecule has 0 heterocycles. The summed E-state index contributed by atoms with van der Waals surface area (Å²) in [5.74, 6) is 0.819. The van der Waals surface area contributed by atoms with Gasteiger partial charge in [0.1, 0.15) is 11.5 Å². The minimum atomic E-state index is -1.02. The maximum absolute atomic E-state index is 11.2. The van der Waals surface area contributed by atoms with Crippen molar-refractivity contribution >= 4 is 0 Å². The Morgan fingerprint density at radius 1 is 1.04 bits per heavy atom. The second-order valence-corrected chi connectivity index (χ2v) is 8.81. The van der Waals surface area contributed by atoms with E-state index in [2.05, 4.69) is 6.07 Å². The van der Waals surface area contributed by atoms with Gasteiger partial charge in [0.15, 0.2) is 0 Å². The number of aromatic hydroxyl groups is 2. The number of rotatable bonds is 4. The van der Waals surface area contributed by atoms with Crippen molar-refractivity contribution in [3.05, 3.63) is 59.2 Å². The first-order valence-electron chi connectivity index (χ1n) is 10.4. The Balaban J connectivity index is 1.76. The Hall–Kier alpha value is -2.04. The van der Waals surface area contributed by atoms with Crippen LogP contribution in [-0.2, 0) is 18.3 Å². The molecule has 0 aliphatic heterocycles. The topological polar surface area (TPSA) is 80.9 Å². The van der Waals surface area contributed by atoms with Crippen LogP contribution < -0.4 is 0 Å². The van der Waals surface area contributed by atoms with Crippen molar-refractivity contribution in [3.8, 4) is 11.5 Å². The standard InChI is InChI=1S/C24H30O4/c1-2-22(27)24(28)12-11-23(14-16-3-7-19(25)8-4-16)18(15-24)6-5-17-13-20(26)9-10-21(17)23/h3-4,7-10,13,18,22,25-28H,2,5-6,11-12,14-15H2,1H3/t18-,22?,23-,24?/m0/s1. The fraction of sp³-hybridized carbons (Fsp3) is 0.500. The molecule has 4 heteroatoms. The second kappa shape index (κ2) is 7.09. The van der Waals surface area contributed by atoms with E-state index in [0.29, 0.717) is 25.0 Å². The Bertz CT molecular complexity index is 846. The van der Waals surface area contributed by atoms with Gasteiger partial charge in [0, 0.05) is 5.41 Å². The van der Waals surface area contributed by atoms with E-state index < -0.39 is 11.7 Å². The molecule has 4 atom stereocenters. The first-order chi connectivity index (χ1) is 13.4. The van der Waals surface area contributed by atoms with Crippen molar-refractivity contribution in [3.63, 3.8) is 0 Å². The van der Waals surface area contributed by atoms with Gasteiger partial charge in [-0.3, -0.25) is 0 Å². The number of aliphatic hydroxyl groups is 2. The van der Waals surface area contributed by atoms with Gasteiger partial charge < -0.3 is 20.4 Å². The molecule has 0 bridgehead atoms. The average molecular weight is 383 g/mol. The lowest BCUT2D eigenvalue weighted by atomic mass is 9.52. The second-order valence-electron chi connectivity index (χ2n) is 8.81. The summed E-state index contributed by atoms with van der Waals surface area (Å²) >= 11 is 0. The average Bonchev–Trinajstić information content (AvgIpc) is 2.69. The number of fused-ring (bicyclic) bond motifs is 3. The number of phenols is 2. The number of benzene rings is 2. The third kappa shape index (κ3) is 3.19. The molecule has 0 saturated heterocycles.